The van der Waals surface area contributed by atoms with Crippen LogP contribution < -0.4 is 0 Å². The molecule has 0 aliphatic heterocycles. The molecular weight excluding hydrogens is 343 g/mol. The molecular formula is C11H8Cl2N2OS3. The number of nitrogens with zero attached hydrogens (tertiary/aromatic N) is 2. The molecule has 2 aromatic rings. The predicted molar refractivity (Wildman–Crippen MR) is 83.2 cm³/mol. The lowest BCUT2D eigenvalue weighted by atomic mass is 10.1. The maximum atomic E-state index is 12.1. The van der Waals surface area contributed by atoms with E-state index in [0.29, 0.717) is 15.6 Å². The van der Waals surface area contributed by atoms with Gasteiger partial charge in [0.2, 0.25) is 0 Å². The van der Waals surface area contributed by atoms with E-state index in [4.69, 9.17) is 23.2 Å². The van der Waals surface area contributed by atoms with Crippen LogP contribution in [0.15, 0.2) is 26.9 Å². The summed E-state index contributed by atoms with van der Waals surface area (Å²) in [4.78, 5) is 12.1. The van der Waals surface area contributed by atoms with Crippen molar-refractivity contribution in [3.63, 3.8) is 0 Å². The highest BCUT2D eigenvalue weighted by molar-refractivity contribution is 8.03. The monoisotopic (exact) mass is 350 g/mol. The Morgan fingerprint density at radius 2 is 2.05 bits per heavy atom. The SMILES string of the molecule is CSc1nnc(SCC(=O)c2cc(Cl)ccc2Cl)s1. The summed E-state index contributed by atoms with van der Waals surface area (Å²) in [7, 11) is 0. The minimum atomic E-state index is -0.0709. The quantitative estimate of drug-likeness (QED) is 0.584. The molecule has 0 spiro atoms. The number of ketones is 1. The number of thioether (sulfide) groups is 2. The molecule has 1 heterocycles. The molecule has 0 unspecified atom stereocenters. The number of hydrogen-bond acceptors (Lipinski definition) is 6. The third kappa shape index (κ3) is 4.10. The van der Waals surface area contributed by atoms with Crippen LogP contribution in [0.3, 0.4) is 0 Å². The van der Waals surface area contributed by atoms with Crippen molar-refractivity contribution in [1.82, 2.24) is 10.2 Å². The highest BCUT2D eigenvalue weighted by Gasteiger charge is 2.13. The Kier molecular flexibility index (Phi) is 5.53. The summed E-state index contributed by atoms with van der Waals surface area (Å²) in [5.74, 6) is 0.196. The summed E-state index contributed by atoms with van der Waals surface area (Å²) in [6.07, 6.45) is 1.94. The molecule has 100 valence electrons. The van der Waals surface area contributed by atoms with E-state index in [1.807, 2.05) is 6.26 Å². The lowest BCUT2D eigenvalue weighted by molar-refractivity contribution is 0.102. The molecule has 0 fully saturated rings. The Balaban J connectivity index is 2.03. The van der Waals surface area contributed by atoms with Crippen LogP contribution >= 0.6 is 58.1 Å². The van der Waals surface area contributed by atoms with Gasteiger partial charge in [-0.05, 0) is 24.5 Å². The fourth-order valence-corrected chi connectivity index (χ4v) is 3.97. The highest BCUT2D eigenvalue weighted by atomic mass is 35.5. The van der Waals surface area contributed by atoms with Crippen molar-refractivity contribution in [3.8, 4) is 0 Å². The van der Waals surface area contributed by atoms with Crippen LogP contribution in [0.4, 0.5) is 0 Å². The van der Waals surface area contributed by atoms with Crippen molar-refractivity contribution < 1.29 is 4.79 Å². The fraction of sp³-hybridized carbons (Fsp3) is 0.182. The molecule has 0 saturated carbocycles. The molecule has 0 amide bonds. The second-order valence-electron chi connectivity index (χ2n) is 3.37. The lowest BCUT2D eigenvalue weighted by Crippen LogP contribution is -2.03. The number of hydrogen-bond donors (Lipinski definition) is 0. The molecule has 0 radical (unpaired) electrons. The Hall–Kier alpha value is -0.270. The van der Waals surface area contributed by atoms with Gasteiger partial charge in [-0.3, -0.25) is 4.79 Å². The zero-order chi connectivity index (χ0) is 13.8. The van der Waals surface area contributed by atoms with Gasteiger partial charge in [0.05, 0.1) is 10.8 Å². The van der Waals surface area contributed by atoms with Gasteiger partial charge in [-0.25, -0.2) is 0 Å². The smallest absolute Gasteiger partial charge is 0.175 e. The molecule has 0 bridgehead atoms. The van der Waals surface area contributed by atoms with Crippen LogP contribution in [0.25, 0.3) is 0 Å². The summed E-state index contributed by atoms with van der Waals surface area (Å²) < 4.78 is 1.66. The van der Waals surface area contributed by atoms with Crippen LogP contribution in [0.2, 0.25) is 10.0 Å². The first-order valence-electron chi connectivity index (χ1n) is 5.08. The number of aromatic nitrogens is 2. The van der Waals surface area contributed by atoms with Gasteiger partial charge in [-0.15, -0.1) is 10.2 Å². The molecule has 19 heavy (non-hydrogen) atoms. The lowest BCUT2D eigenvalue weighted by Gasteiger charge is -2.02. The van der Waals surface area contributed by atoms with Gasteiger partial charge >= 0.3 is 0 Å². The van der Waals surface area contributed by atoms with E-state index in [1.165, 1.54) is 34.9 Å². The zero-order valence-corrected chi connectivity index (χ0v) is 13.7. The van der Waals surface area contributed by atoms with Gasteiger partial charge in [0.15, 0.2) is 14.5 Å². The molecule has 0 atom stereocenters. The van der Waals surface area contributed by atoms with Gasteiger partial charge < -0.3 is 0 Å². The van der Waals surface area contributed by atoms with E-state index in [9.17, 15) is 4.79 Å². The average Bonchev–Trinajstić information content (AvgIpc) is 2.87. The maximum Gasteiger partial charge on any atom is 0.175 e. The van der Waals surface area contributed by atoms with Crippen molar-refractivity contribution in [2.45, 2.75) is 8.68 Å². The van der Waals surface area contributed by atoms with Crippen molar-refractivity contribution in [3.05, 3.63) is 33.8 Å². The van der Waals surface area contributed by atoms with E-state index in [0.717, 1.165) is 8.68 Å². The first-order chi connectivity index (χ1) is 9.10. The largest absolute Gasteiger partial charge is 0.293 e. The van der Waals surface area contributed by atoms with E-state index in [2.05, 4.69) is 10.2 Å². The Morgan fingerprint density at radius 3 is 2.74 bits per heavy atom. The zero-order valence-electron chi connectivity index (χ0n) is 9.72. The standard InChI is InChI=1S/C11H8Cl2N2OS3/c1-17-10-14-15-11(19-10)18-5-9(16)7-4-6(12)2-3-8(7)13/h2-4H,5H2,1H3. The Labute approximate surface area is 133 Å². The van der Waals surface area contributed by atoms with Crippen molar-refractivity contribution in [1.29, 1.82) is 0 Å². The Morgan fingerprint density at radius 1 is 1.32 bits per heavy atom. The topological polar surface area (TPSA) is 42.9 Å². The first-order valence-corrected chi connectivity index (χ1v) is 8.87. The number of benzene rings is 1. The second-order valence-corrected chi connectivity index (χ2v) is 7.47. The summed E-state index contributed by atoms with van der Waals surface area (Å²) in [5.41, 5.74) is 0.441. The number of rotatable bonds is 5. The number of carbonyl (C=O) groups is 1. The summed E-state index contributed by atoms with van der Waals surface area (Å²) >= 11 is 16.2. The molecule has 0 saturated heterocycles. The molecule has 0 aliphatic rings. The molecule has 1 aromatic carbocycles. The van der Waals surface area contributed by atoms with E-state index in [-0.39, 0.29) is 11.5 Å². The number of carbonyl (C=O) groups excluding carboxylic acids is 1. The second kappa shape index (κ2) is 6.95. The normalized spacial score (nSPS) is 10.7. The van der Waals surface area contributed by atoms with Crippen molar-refractivity contribution >= 4 is 63.8 Å². The fourth-order valence-electron chi connectivity index (χ4n) is 1.25. The van der Waals surface area contributed by atoms with Gasteiger partial charge in [-0.1, -0.05) is 58.1 Å². The van der Waals surface area contributed by atoms with Crippen LogP contribution in [0.1, 0.15) is 10.4 Å². The molecule has 8 heteroatoms. The third-order valence-corrected chi connectivity index (χ3v) is 5.71. The molecule has 3 nitrogen and oxygen atoms in total. The predicted octanol–water partition coefficient (Wildman–Crippen LogP) is 4.54. The van der Waals surface area contributed by atoms with Gasteiger partial charge in [0.25, 0.3) is 0 Å². The molecule has 1 aromatic heterocycles. The van der Waals surface area contributed by atoms with Gasteiger partial charge in [0.1, 0.15) is 0 Å². The number of halogens is 2. The van der Waals surface area contributed by atoms with Crippen molar-refractivity contribution in [2.24, 2.45) is 0 Å². The minimum Gasteiger partial charge on any atom is -0.293 e. The molecule has 2 rings (SSSR count). The number of Topliss-reactive ketones (excluding diaryl/α,β-unsaturated/α-hetero) is 1. The van der Waals surface area contributed by atoms with Crippen LogP contribution in [0, 0.1) is 0 Å². The molecule has 0 aliphatic carbocycles. The summed E-state index contributed by atoms with van der Waals surface area (Å²) in [5, 5.41) is 8.87. The molecule has 0 N–H and O–H groups in total. The van der Waals surface area contributed by atoms with E-state index in [1.54, 1.807) is 18.2 Å². The summed E-state index contributed by atoms with van der Waals surface area (Å²) in [6, 6.07) is 4.86. The van der Waals surface area contributed by atoms with E-state index >= 15 is 0 Å². The average molecular weight is 351 g/mol. The first kappa shape index (κ1) is 15.1. The maximum absolute atomic E-state index is 12.1. The van der Waals surface area contributed by atoms with Crippen LogP contribution in [-0.2, 0) is 0 Å². The van der Waals surface area contributed by atoms with Crippen LogP contribution in [-0.4, -0.2) is 28.0 Å². The van der Waals surface area contributed by atoms with Gasteiger partial charge in [0, 0.05) is 10.6 Å². The van der Waals surface area contributed by atoms with E-state index < -0.39 is 0 Å². The van der Waals surface area contributed by atoms with Gasteiger partial charge in [-0.2, -0.15) is 0 Å². The highest BCUT2D eigenvalue weighted by Crippen LogP contribution is 2.29. The Bertz CT molecular complexity index is 603. The minimum absolute atomic E-state index is 0.0709. The van der Waals surface area contributed by atoms with Crippen LogP contribution in [0.5, 0.6) is 0 Å². The third-order valence-electron chi connectivity index (χ3n) is 2.12. The summed E-state index contributed by atoms with van der Waals surface area (Å²) in [6.45, 7) is 0. The van der Waals surface area contributed by atoms with Crippen molar-refractivity contribution in [2.75, 3.05) is 12.0 Å².